The van der Waals surface area contributed by atoms with Crippen molar-refractivity contribution in [1.29, 1.82) is 0 Å². The highest BCUT2D eigenvalue weighted by molar-refractivity contribution is 6.22. The Morgan fingerprint density at radius 1 is 0.933 bits per heavy atom. The number of rotatable bonds is 4. The van der Waals surface area contributed by atoms with Gasteiger partial charge in [-0.15, -0.1) is 0 Å². The van der Waals surface area contributed by atoms with Crippen molar-refractivity contribution in [3.63, 3.8) is 0 Å². The number of hydrogen-bond donors (Lipinski definition) is 1. The minimum Gasteiger partial charge on any atom is -0.495 e. The maximum atomic E-state index is 13.0. The van der Waals surface area contributed by atoms with E-state index in [1.54, 1.807) is 43.5 Å². The SMILES string of the molecule is COc1ccccc1NC(=O)c1ccc(N2C(=O)C3C4C=CC(CC4)C3C2=O)cc1. The van der Waals surface area contributed by atoms with Crippen molar-refractivity contribution in [2.45, 2.75) is 12.8 Å². The molecule has 4 aliphatic rings. The van der Waals surface area contributed by atoms with Crippen molar-refractivity contribution >= 4 is 29.1 Å². The summed E-state index contributed by atoms with van der Waals surface area (Å²) in [5.41, 5.74) is 1.53. The molecule has 152 valence electrons. The molecule has 1 saturated heterocycles. The first-order chi connectivity index (χ1) is 14.6. The van der Waals surface area contributed by atoms with Crippen LogP contribution >= 0.6 is 0 Å². The van der Waals surface area contributed by atoms with E-state index in [0.29, 0.717) is 22.7 Å². The highest BCUT2D eigenvalue weighted by Gasteiger charge is 2.56. The van der Waals surface area contributed by atoms with Gasteiger partial charge in [-0.25, -0.2) is 0 Å². The van der Waals surface area contributed by atoms with Crippen LogP contribution in [0.25, 0.3) is 0 Å². The van der Waals surface area contributed by atoms with Crippen LogP contribution in [-0.2, 0) is 9.59 Å². The summed E-state index contributed by atoms with van der Waals surface area (Å²) in [6.45, 7) is 0. The number of methoxy groups -OCH3 is 1. The van der Waals surface area contributed by atoms with Gasteiger partial charge in [0.25, 0.3) is 5.91 Å². The Bertz CT molecular complexity index is 1030. The highest BCUT2D eigenvalue weighted by Crippen LogP contribution is 2.50. The average molecular weight is 402 g/mol. The smallest absolute Gasteiger partial charge is 0.255 e. The Balaban J connectivity index is 1.36. The molecule has 1 saturated carbocycles. The summed E-state index contributed by atoms with van der Waals surface area (Å²) in [5.74, 6) is -0.114. The lowest BCUT2D eigenvalue weighted by atomic mass is 9.63. The summed E-state index contributed by atoms with van der Waals surface area (Å²) < 4.78 is 5.26. The van der Waals surface area contributed by atoms with Crippen LogP contribution in [0.4, 0.5) is 11.4 Å². The van der Waals surface area contributed by atoms with E-state index in [1.807, 2.05) is 12.1 Å². The van der Waals surface area contributed by atoms with Crippen LogP contribution in [0.1, 0.15) is 23.2 Å². The first-order valence-electron chi connectivity index (χ1n) is 10.2. The maximum Gasteiger partial charge on any atom is 0.255 e. The molecule has 3 aliphatic carbocycles. The number of hydrogen-bond acceptors (Lipinski definition) is 4. The zero-order valence-corrected chi connectivity index (χ0v) is 16.6. The molecule has 6 heteroatoms. The molecule has 2 fully saturated rings. The number of carbonyl (C=O) groups is 3. The third kappa shape index (κ3) is 2.83. The Morgan fingerprint density at radius 2 is 1.53 bits per heavy atom. The van der Waals surface area contributed by atoms with E-state index in [1.165, 1.54) is 4.90 Å². The first-order valence-corrected chi connectivity index (χ1v) is 10.2. The molecule has 4 atom stereocenters. The van der Waals surface area contributed by atoms with Crippen molar-refractivity contribution in [3.8, 4) is 5.75 Å². The van der Waals surface area contributed by atoms with Gasteiger partial charge in [-0.05, 0) is 61.1 Å². The van der Waals surface area contributed by atoms with Crippen LogP contribution in [0, 0.1) is 23.7 Å². The standard InChI is InChI=1S/C24H22N2O4/c1-30-19-5-3-2-4-18(19)25-22(27)16-10-12-17(13-11-16)26-23(28)20-14-6-7-15(9-8-14)21(20)24(26)29/h2-7,10-15,20-21H,8-9H2,1H3,(H,25,27). The molecule has 2 aromatic carbocycles. The van der Waals surface area contributed by atoms with E-state index in [-0.39, 0.29) is 41.4 Å². The second-order valence-corrected chi connectivity index (χ2v) is 8.05. The number of nitrogens with zero attached hydrogens (tertiary/aromatic N) is 1. The van der Waals surface area contributed by atoms with Crippen LogP contribution in [0.2, 0.25) is 0 Å². The number of imide groups is 1. The van der Waals surface area contributed by atoms with Crippen LogP contribution in [0.15, 0.2) is 60.7 Å². The van der Waals surface area contributed by atoms with Crippen LogP contribution in [-0.4, -0.2) is 24.8 Å². The van der Waals surface area contributed by atoms with Crippen LogP contribution in [0.5, 0.6) is 5.75 Å². The van der Waals surface area contributed by atoms with Gasteiger partial charge in [0.15, 0.2) is 0 Å². The van der Waals surface area contributed by atoms with Gasteiger partial charge in [0.05, 0.1) is 30.3 Å². The number of benzene rings is 2. The molecular formula is C24H22N2O4. The van der Waals surface area contributed by atoms with Gasteiger partial charge in [-0.1, -0.05) is 24.3 Å². The molecule has 6 rings (SSSR count). The van der Waals surface area contributed by atoms with Crippen molar-refractivity contribution in [2.75, 3.05) is 17.3 Å². The highest BCUT2D eigenvalue weighted by atomic mass is 16.5. The Morgan fingerprint density at radius 3 is 2.10 bits per heavy atom. The number of carbonyl (C=O) groups excluding carboxylic acids is 3. The number of para-hydroxylation sites is 2. The predicted octanol–water partition coefficient (Wildman–Crippen LogP) is 3.65. The molecule has 0 spiro atoms. The zero-order chi connectivity index (χ0) is 20.8. The minimum atomic E-state index is -0.291. The minimum absolute atomic E-state index is 0.115. The Hall–Kier alpha value is -3.41. The van der Waals surface area contributed by atoms with Crippen molar-refractivity contribution < 1.29 is 19.1 Å². The zero-order valence-electron chi connectivity index (χ0n) is 16.6. The quantitative estimate of drug-likeness (QED) is 0.626. The van der Waals surface area contributed by atoms with Gasteiger partial charge < -0.3 is 10.1 Å². The van der Waals surface area contributed by atoms with Crippen molar-refractivity contribution in [1.82, 2.24) is 0 Å². The third-order valence-electron chi connectivity index (χ3n) is 6.50. The largest absolute Gasteiger partial charge is 0.495 e. The maximum absolute atomic E-state index is 13.0. The number of nitrogens with one attached hydrogen (secondary N) is 1. The number of allylic oxidation sites excluding steroid dienone is 2. The van der Waals surface area contributed by atoms with Gasteiger partial charge in [-0.2, -0.15) is 0 Å². The summed E-state index contributed by atoms with van der Waals surface area (Å²) >= 11 is 0. The molecule has 30 heavy (non-hydrogen) atoms. The lowest BCUT2D eigenvalue weighted by molar-refractivity contribution is -0.124. The van der Waals surface area contributed by atoms with E-state index in [0.717, 1.165) is 12.8 Å². The van der Waals surface area contributed by atoms with Crippen LogP contribution < -0.4 is 15.0 Å². The molecule has 0 radical (unpaired) electrons. The molecule has 2 bridgehead atoms. The number of amides is 3. The van der Waals surface area contributed by atoms with Gasteiger partial charge >= 0.3 is 0 Å². The average Bonchev–Trinajstić information content (AvgIpc) is 3.07. The summed E-state index contributed by atoms with van der Waals surface area (Å²) in [5, 5.41) is 2.83. The summed E-state index contributed by atoms with van der Waals surface area (Å²) in [6.07, 6.45) is 6.15. The summed E-state index contributed by atoms with van der Waals surface area (Å²) in [7, 11) is 1.54. The topological polar surface area (TPSA) is 75.7 Å². The molecule has 3 amide bonds. The van der Waals surface area contributed by atoms with Crippen molar-refractivity contribution in [2.24, 2.45) is 23.7 Å². The molecule has 2 aromatic rings. The van der Waals surface area contributed by atoms with Gasteiger partial charge in [0.1, 0.15) is 5.75 Å². The molecule has 1 N–H and O–H groups in total. The van der Waals surface area contributed by atoms with Gasteiger partial charge in [0.2, 0.25) is 11.8 Å². The lowest BCUT2D eigenvalue weighted by Crippen LogP contribution is -2.38. The molecule has 1 heterocycles. The van der Waals surface area contributed by atoms with E-state index < -0.39 is 0 Å². The fourth-order valence-electron chi connectivity index (χ4n) is 5.03. The number of anilines is 2. The first kappa shape index (κ1) is 18.6. The molecule has 4 unspecified atom stereocenters. The molecule has 6 nitrogen and oxygen atoms in total. The Kier molecular flexibility index (Phi) is 4.42. The second-order valence-electron chi connectivity index (χ2n) is 8.05. The fraction of sp³-hybridized carbons (Fsp3) is 0.292. The second kappa shape index (κ2) is 7.13. The van der Waals surface area contributed by atoms with Gasteiger partial charge in [-0.3, -0.25) is 19.3 Å². The number of fused-ring (bicyclic) bond motifs is 1. The lowest BCUT2D eigenvalue weighted by Gasteiger charge is -2.38. The van der Waals surface area contributed by atoms with Crippen LogP contribution in [0.3, 0.4) is 0 Å². The van der Waals surface area contributed by atoms with E-state index >= 15 is 0 Å². The van der Waals surface area contributed by atoms with Gasteiger partial charge in [0, 0.05) is 5.56 Å². The third-order valence-corrected chi connectivity index (χ3v) is 6.50. The van der Waals surface area contributed by atoms with E-state index in [2.05, 4.69) is 17.5 Å². The summed E-state index contributed by atoms with van der Waals surface area (Å²) in [4.78, 5) is 40.0. The summed E-state index contributed by atoms with van der Waals surface area (Å²) in [6, 6.07) is 13.8. The predicted molar refractivity (Wildman–Crippen MR) is 112 cm³/mol. The Labute approximate surface area is 174 Å². The molecule has 1 aliphatic heterocycles. The van der Waals surface area contributed by atoms with Crippen molar-refractivity contribution in [3.05, 3.63) is 66.2 Å². The number of ether oxygens (including phenoxy) is 1. The van der Waals surface area contributed by atoms with E-state index in [9.17, 15) is 14.4 Å². The van der Waals surface area contributed by atoms with E-state index in [4.69, 9.17) is 4.74 Å². The monoisotopic (exact) mass is 402 g/mol. The molecule has 0 aromatic heterocycles. The fourth-order valence-corrected chi connectivity index (χ4v) is 5.03. The normalized spacial score (nSPS) is 26.6. The molecular weight excluding hydrogens is 380 g/mol.